The van der Waals surface area contributed by atoms with E-state index in [1.807, 2.05) is 0 Å². The fraction of sp³-hybridized carbons (Fsp3) is 1.00. The van der Waals surface area contributed by atoms with E-state index in [2.05, 4.69) is 5.32 Å². The molecule has 2 nitrogen and oxygen atoms in total. The van der Waals surface area contributed by atoms with Gasteiger partial charge in [-0.15, -0.1) is 0 Å². The third-order valence-corrected chi connectivity index (χ3v) is 1.65. The Kier molecular flexibility index (Phi) is 2.42. The molecular formula is C6H12FNO. The summed E-state index contributed by atoms with van der Waals surface area (Å²) in [5, 5.41) is 11.5. The first-order valence-electron chi connectivity index (χ1n) is 3.28. The number of aliphatic hydroxyl groups excluding tert-OH is 1. The topological polar surface area (TPSA) is 32.3 Å². The van der Waals surface area contributed by atoms with E-state index in [0.717, 1.165) is 6.54 Å². The second kappa shape index (κ2) is 3.13. The lowest BCUT2D eigenvalue weighted by atomic mass is 10.00. The Balaban J connectivity index is 2.23. The number of nitrogens with one attached hydrogen (secondary N) is 1. The molecular weight excluding hydrogens is 121 g/mol. The monoisotopic (exact) mass is 133 g/mol. The SMILES string of the molecule is OC[C@H]1CNC[C@@H](F)C1. The molecule has 0 aromatic carbocycles. The molecule has 0 saturated carbocycles. The van der Waals surface area contributed by atoms with Crippen molar-refractivity contribution in [1.82, 2.24) is 5.32 Å². The van der Waals surface area contributed by atoms with Crippen LogP contribution in [0.25, 0.3) is 0 Å². The minimum Gasteiger partial charge on any atom is -0.396 e. The molecule has 1 aliphatic heterocycles. The second-order valence-electron chi connectivity index (χ2n) is 2.54. The van der Waals surface area contributed by atoms with E-state index in [1.54, 1.807) is 0 Å². The molecule has 0 aromatic rings. The van der Waals surface area contributed by atoms with Crippen molar-refractivity contribution in [2.45, 2.75) is 12.6 Å². The highest BCUT2D eigenvalue weighted by Crippen LogP contribution is 2.11. The first-order chi connectivity index (χ1) is 4.33. The summed E-state index contributed by atoms with van der Waals surface area (Å²) in [6.45, 7) is 1.32. The van der Waals surface area contributed by atoms with Crippen LogP contribution < -0.4 is 5.32 Å². The van der Waals surface area contributed by atoms with Crippen molar-refractivity contribution in [2.75, 3.05) is 19.7 Å². The van der Waals surface area contributed by atoms with Crippen molar-refractivity contribution in [2.24, 2.45) is 5.92 Å². The summed E-state index contributed by atoms with van der Waals surface area (Å²) in [4.78, 5) is 0. The highest BCUT2D eigenvalue weighted by Gasteiger charge is 2.19. The standard InChI is InChI=1S/C6H12FNO/c7-6-1-5(4-9)2-8-3-6/h5-6,8-9H,1-4H2/t5-,6+/m1/s1. The number of halogens is 1. The van der Waals surface area contributed by atoms with Crippen molar-refractivity contribution in [3.63, 3.8) is 0 Å². The van der Waals surface area contributed by atoms with Crippen molar-refractivity contribution < 1.29 is 9.50 Å². The molecule has 1 heterocycles. The van der Waals surface area contributed by atoms with Gasteiger partial charge in [-0.05, 0) is 12.3 Å². The van der Waals surface area contributed by atoms with Gasteiger partial charge in [0.1, 0.15) is 6.17 Å². The van der Waals surface area contributed by atoms with E-state index in [0.29, 0.717) is 13.0 Å². The van der Waals surface area contributed by atoms with E-state index in [-0.39, 0.29) is 12.5 Å². The van der Waals surface area contributed by atoms with Gasteiger partial charge in [-0.3, -0.25) is 0 Å². The Hall–Kier alpha value is -0.150. The van der Waals surface area contributed by atoms with Gasteiger partial charge < -0.3 is 10.4 Å². The van der Waals surface area contributed by atoms with Gasteiger partial charge in [-0.2, -0.15) is 0 Å². The molecule has 3 heteroatoms. The predicted molar refractivity (Wildman–Crippen MR) is 33.0 cm³/mol. The number of alkyl halides is 1. The lowest BCUT2D eigenvalue weighted by Crippen LogP contribution is -2.38. The molecule has 0 bridgehead atoms. The summed E-state index contributed by atoms with van der Waals surface area (Å²) in [5.74, 6) is 0.133. The minimum atomic E-state index is -0.754. The van der Waals surface area contributed by atoms with Gasteiger partial charge in [0.25, 0.3) is 0 Å². The smallest absolute Gasteiger partial charge is 0.113 e. The minimum absolute atomic E-state index is 0.105. The van der Waals surface area contributed by atoms with Gasteiger partial charge in [-0.25, -0.2) is 4.39 Å². The van der Waals surface area contributed by atoms with Crippen LogP contribution in [0.15, 0.2) is 0 Å². The maximum atomic E-state index is 12.4. The summed E-state index contributed by atoms with van der Waals surface area (Å²) in [7, 11) is 0. The normalized spacial score (nSPS) is 36.7. The lowest BCUT2D eigenvalue weighted by molar-refractivity contribution is 0.148. The van der Waals surface area contributed by atoms with Crippen molar-refractivity contribution >= 4 is 0 Å². The van der Waals surface area contributed by atoms with Gasteiger partial charge in [0.2, 0.25) is 0 Å². The number of hydrogen-bond donors (Lipinski definition) is 2. The van der Waals surface area contributed by atoms with Gasteiger partial charge in [0.05, 0.1) is 0 Å². The van der Waals surface area contributed by atoms with E-state index >= 15 is 0 Å². The Labute approximate surface area is 54.1 Å². The molecule has 0 radical (unpaired) electrons. The van der Waals surface area contributed by atoms with Crippen molar-refractivity contribution in [3.8, 4) is 0 Å². The van der Waals surface area contributed by atoms with Crippen LogP contribution in [0.3, 0.4) is 0 Å². The molecule has 0 aliphatic carbocycles. The Bertz CT molecular complexity index is 89.1. The molecule has 0 unspecified atom stereocenters. The van der Waals surface area contributed by atoms with E-state index in [9.17, 15) is 4.39 Å². The van der Waals surface area contributed by atoms with Crippen LogP contribution in [-0.2, 0) is 0 Å². The number of rotatable bonds is 1. The molecule has 1 rings (SSSR count). The van der Waals surface area contributed by atoms with Crippen LogP contribution in [0, 0.1) is 5.92 Å². The largest absolute Gasteiger partial charge is 0.396 e. The van der Waals surface area contributed by atoms with Crippen LogP contribution >= 0.6 is 0 Å². The molecule has 2 N–H and O–H groups in total. The third kappa shape index (κ3) is 1.91. The average molecular weight is 133 g/mol. The van der Waals surface area contributed by atoms with Crippen LogP contribution in [-0.4, -0.2) is 31.0 Å². The summed E-state index contributed by atoms with van der Waals surface area (Å²) in [6.07, 6.45) is -0.236. The van der Waals surface area contributed by atoms with Crippen LogP contribution in [0.2, 0.25) is 0 Å². The van der Waals surface area contributed by atoms with E-state index in [1.165, 1.54) is 0 Å². The molecule has 2 atom stereocenters. The lowest BCUT2D eigenvalue weighted by Gasteiger charge is -2.23. The Morgan fingerprint density at radius 3 is 2.78 bits per heavy atom. The van der Waals surface area contributed by atoms with Gasteiger partial charge in [0, 0.05) is 19.7 Å². The van der Waals surface area contributed by atoms with Crippen LogP contribution in [0.5, 0.6) is 0 Å². The molecule has 1 saturated heterocycles. The van der Waals surface area contributed by atoms with Gasteiger partial charge in [0.15, 0.2) is 0 Å². The first kappa shape index (κ1) is 6.96. The fourth-order valence-electron chi connectivity index (χ4n) is 1.11. The second-order valence-corrected chi connectivity index (χ2v) is 2.54. The summed E-state index contributed by atoms with van der Waals surface area (Å²) in [6, 6.07) is 0. The Morgan fingerprint density at radius 1 is 1.56 bits per heavy atom. The maximum absolute atomic E-state index is 12.4. The molecule has 1 aliphatic rings. The van der Waals surface area contributed by atoms with Gasteiger partial charge in [-0.1, -0.05) is 0 Å². The van der Waals surface area contributed by atoms with Crippen LogP contribution in [0.1, 0.15) is 6.42 Å². The van der Waals surface area contributed by atoms with E-state index < -0.39 is 6.17 Å². The first-order valence-corrected chi connectivity index (χ1v) is 3.28. The molecule has 0 spiro atoms. The summed E-state index contributed by atoms with van der Waals surface area (Å²) in [5.41, 5.74) is 0. The molecule has 1 fully saturated rings. The van der Waals surface area contributed by atoms with Gasteiger partial charge >= 0.3 is 0 Å². The predicted octanol–water partition coefficient (Wildman–Crippen LogP) is -0.0737. The quantitative estimate of drug-likeness (QED) is 0.524. The van der Waals surface area contributed by atoms with E-state index in [4.69, 9.17) is 5.11 Å². The zero-order valence-electron chi connectivity index (χ0n) is 5.31. The summed E-state index contributed by atoms with van der Waals surface area (Å²) >= 11 is 0. The number of piperidine rings is 1. The number of aliphatic hydroxyl groups is 1. The fourth-order valence-corrected chi connectivity index (χ4v) is 1.11. The Morgan fingerprint density at radius 2 is 2.33 bits per heavy atom. The third-order valence-electron chi connectivity index (χ3n) is 1.65. The molecule has 54 valence electrons. The van der Waals surface area contributed by atoms with Crippen molar-refractivity contribution in [1.29, 1.82) is 0 Å². The summed E-state index contributed by atoms with van der Waals surface area (Å²) < 4.78 is 12.4. The molecule has 9 heavy (non-hydrogen) atoms. The highest BCUT2D eigenvalue weighted by atomic mass is 19.1. The zero-order valence-corrected chi connectivity index (χ0v) is 5.31. The maximum Gasteiger partial charge on any atom is 0.113 e. The average Bonchev–Trinajstić information content (AvgIpc) is 1.88. The highest BCUT2D eigenvalue weighted by molar-refractivity contribution is 4.74. The molecule has 0 amide bonds. The zero-order chi connectivity index (χ0) is 6.69. The molecule has 0 aromatic heterocycles. The number of hydrogen-bond acceptors (Lipinski definition) is 2. The van der Waals surface area contributed by atoms with Crippen LogP contribution in [0.4, 0.5) is 4.39 Å². The van der Waals surface area contributed by atoms with Crippen molar-refractivity contribution in [3.05, 3.63) is 0 Å².